The van der Waals surface area contributed by atoms with Gasteiger partial charge in [0.1, 0.15) is 5.82 Å². The molecule has 4 aromatic rings. The molecule has 0 fully saturated rings. The van der Waals surface area contributed by atoms with E-state index in [1.54, 1.807) is 67.1 Å². The Labute approximate surface area is 185 Å². The SMILES string of the molecule is O=c1[nH]c(-c2cccnc2)nc2c1CN(Cc1cccn1S(=O)(=O)c1ccccc1)CC2. The molecule has 0 saturated heterocycles. The van der Waals surface area contributed by atoms with Gasteiger partial charge in [-0.05, 0) is 36.4 Å². The monoisotopic (exact) mass is 447 g/mol. The molecule has 32 heavy (non-hydrogen) atoms. The number of fused-ring (bicyclic) bond motifs is 1. The van der Waals surface area contributed by atoms with Crippen LogP contribution in [0, 0.1) is 0 Å². The maximum Gasteiger partial charge on any atom is 0.267 e. The van der Waals surface area contributed by atoms with Crippen molar-refractivity contribution in [3.8, 4) is 11.4 Å². The van der Waals surface area contributed by atoms with Crippen LogP contribution < -0.4 is 5.56 Å². The van der Waals surface area contributed by atoms with Gasteiger partial charge in [-0.2, -0.15) is 0 Å². The van der Waals surface area contributed by atoms with Crippen LogP contribution >= 0.6 is 0 Å². The van der Waals surface area contributed by atoms with E-state index in [-0.39, 0.29) is 10.5 Å². The second kappa shape index (κ2) is 8.18. The van der Waals surface area contributed by atoms with Crippen molar-refractivity contribution < 1.29 is 8.42 Å². The Bertz CT molecular complexity index is 1410. The van der Waals surface area contributed by atoms with E-state index in [4.69, 9.17) is 0 Å². The number of hydrogen-bond donors (Lipinski definition) is 1. The molecule has 5 rings (SSSR count). The van der Waals surface area contributed by atoms with Crippen LogP contribution in [0.1, 0.15) is 17.0 Å². The molecular weight excluding hydrogens is 426 g/mol. The number of benzene rings is 1. The highest BCUT2D eigenvalue weighted by molar-refractivity contribution is 7.90. The van der Waals surface area contributed by atoms with Crippen molar-refractivity contribution in [1.29, 1.82) is 0 Å². The normalized spacial score (nSPS) is 14.2. The van der Waals surface area contributed by atoms with E-state index in [1.807, 2.05) is 6.07 Å². The van der Waals surface area contributed by atoms with Gasteiger partial charge in [0.25, 0.3) is 15.6 Å². The molecule has 1 aliphatic rings. The van der Waals surface area contributed by atoms with Crippen molar-refractivity contribution in [2.75, 3.05) is 6.54 Å². The minimum Gasteiger partial charge on any atom is -0.306 e. The molecule has 0 unspecified atom stereocenters. The predicted molar refractivity (Wildman–Crippen MR) is 119 cm³/mol. The summed E-state index contributed by atoms with van der Waals surface area (Å²) < 4.78 is 27.4. The first-order chi connectivity index (χ1) is 15.5. The standard InChI is InChI=1S/C23H21N5O3S/c29-23-20-16-27(13-10-21(20)25-22(26-23)17-6-4-11-24-14-17)15-18-7-5-12-28(18)32(30,31)19-8-2-1-3-9-19/h1-9,11-12,14H,10,13,15-16H2,(H,25,26,29). The van der Waals surface area contributed by atoms with Gasteiger partial charge >= 0.3 is 0 Å². The molecule has 1 aromatic carbocycles. The van der Waals surface area contributed by atoms with Crippen LogP contribution in [0.5, 0.6) is 0 Å². The van der Waals surface area contributed by atoms with Crippen molar-refractivity contribution in [3.05, 3.63) is 100 Å². The van der Waals surface area contributed by atoms with Gasteiger partial charge in [-0.25, -0.2) is 17.4 Å². The highest BCUT2D eigenvalue weighted by atomic mass is 32.2. The molecule has 9 heteroatoms. The van der Waals surface area contributed by atoms with Crippen molar-refractivity contribution >= 4 is 10.0 Å². The van der Waals surface area contributed by atoms with Gasteiger partial charge in [0.05, 0.1) is 16.2 Å². The van der Waals surface area contributed by atoms with Crippen LogP contribution in [-0.4, -0.2) is 38.8 Å². The van der Waals surface area contributed by atoms with E-state index in [0.717, 1.165) is 11.3 Å². The number of rotatable bonds is 5. The average molecular weight is 448 g/mol. The van der Waals surface area contributed by atoms with Crippen molar-refractivity contribution in [3.63, 3.8) is 0 Å². The summed E-state index contributed by atoms with van der Waals surface area (Å²) in [6.07, 6.45) is 5.51. The first-order valence-electron chi connectivity index (χ1n) is 10.2. The van der Waals surface area contributed by atoms with Gasteiger partial charge in [0.2, 0.25) is 0 Å². The molecule has 3 aromatic heterocycles. The van der Waals surface area contributed by atoms with E-state index < -0.39 is 10.0 Å². The third-order valence-corrected chi connectivity index (χ3v) is 7.30. The number of nitrogens with one attached hydrogen (secondary N) is 1. The summed E-state index contributed by atoms with van der Waals surface area (Å²) in [7, 11) is -3.68. The Hall–Kier alpha value is -3.56. The molecule has 0 spiro atoms. The summed E-state index contributed by atoms with van der Waals surface area (Å²) in [5.74, 6) is 0.512. The van der Waals surface area contributed by atoms with E-state index in [1.165, 1.54) is 3.97 Å². The predicted octanol–water partition coefficient (Wildman–Crippen LogP) is 2.43. The first kappa shape index (κ1) is 20.3. The van der Waals surface area contributed by atoms with Gasteiger partial charge in [0.15, 0.2) is 0 Å². The van der Waals surface area contributed by atoms with Gasteiger partial charge in [-0.3, -0.25) is 14.7 Å². The summed E-state index contributed by atoms with van der Waals surface area (Å²) in [4.78, 5) is 26.7. The van der Waals surface area contributed by atoms with Crippen molar-refractivity contribution in [1.82, 2.24) is 23.8 Å². The summed E-state index contributed by atoms with van der Waals surface area (Å²) in [5, 5.41) is 0. The number of H-pyrrole nitrogens is 1. The van der Waals surface area contributed by atoms with Crippen LogP contribution in [0.2, 0.25) is 0 Å². The maximum absolute atomic E-state index is 13.1. The van der Waals surface area contributed by atoms with E-state index in [0.29, 0.717) is 43.1 Å². The Morgan fingerprint density at radius 1 is 1.03 bits per heavy atom. The van der Waals surface area contributed by atoms with Crippen molar-refractivity contribution in [2.45, 2.75) is 24.4 Å². The molecule has 0 amide bonds. The van der Waals surface area contributed by atoms with E-state index in [9.17, 15) is 13.2 Å². The minimum absolute atomic E-state index is 0.175. The number of hydrogen-bond acceptors (Lipinski definition) is 6. The summed E-state index contributed by atoms with van der Waals surface area (Å²) >= 11 is 0. The van der Waals surface area contributed by atoms with Gasteiger partial charge < -0.3 is 4.98 Å². The lowest BCUT2D eigenvalue weighted by atomic mass is 10.1. The minimum atomic E-state index is -3.68. The van der Waals surface area contributed by atoms with Crippen molar-refractivity contribution in [2.24, 2.45) is 0 Å². The lowest BCUT2D eigenvalue weighted by Gasteiger charge is -2.28. The Morgan fingerprint density at radius 3 is 2.66 bits per heavy atom. The van der Waals surface area contributed by atoms with Crippen LogP contribution in [0.15, 0.2) is 82.9 Å². The number of aromatic nitrogens is 4. The topological polar surface area (TPSA) is 101 Å². The molecular formula is C23H21N5O3S. The molecule has 8 nitrogen and oxygen atoms in total. The Kier molecular flexibility index (Phi) is 5.20. The molecule has 0 bridgehead atoms. The molecule has 4 heterocycles. The number of aromatic amines is 1. The second-order valence-electron chi connectivity index (χ2n) is 7.66. The maximum atomic E-state index is 13.1. The molecule has 0 saturated carbocycles. The summed E-state index contributed by atoms with van der Waals surface area (Å²) in [6, 6.07) is 15.5. The quantitative estimate of drug-likeness (QED) is 0.504. The Balaban J connectivity index is 1.40. The molecule has 1 N–H and O–H groups in total. The fourth-order valence-corrected chi connectivity index (χ4v) is 5.33. The van der Waals surface area contributed by atoms with Crippen LogP contribution in [0.3, 0.4) is 0 Å². The van der Waals surface area contributed by atoms with E-state index >= 15 is 0 Å². The van der Waals surface area contributed by atoms with Crippen LogP contribution in [-0.2, 0) is 29.5 Å². The van der Waals surface area contributed by atoms with Gasteiger partial charge in [-0.1, -0.05) is 18.2 Å². The average Bonchev–Trinajstić information content (AvgIpc) is 3.29. The largest absolute Gasteiger partial charge is 0.306 e. The number of pyridine rings is 1. The van der Waals surface area contributed by atoms with Crippen LogP contribution in [0.25, 0.3) is 11.4 Å². The molecule has 0 radical (unpaired) electrons. The smallest absolute Gasteiger partial charge is 0.267 e. The summed E-state index contributed by atoms with van der Waals surface area (Å²) in [5.41, 5.74) is 2.63. The zero-order chi connectivity index (χ0) is 22.1. The Morgan fingerprint density at radius 2 is 1.88 bits per heavy atom. The third-order valence-electron chi connectivity index (χ3n) is 5.56. The highest BCUT2D eigenvalue weighted by Crippen LogP contribution is 2.22. The molecule has 0 atom stereocenters. The lowest BCUT2D eigenvalue weighted by molar-refractivity contribution is 0.238. The van der Waals surface area contributed by atoms with Gasteiger partial charge in [0, 0.05) is 55.9 Å². The lowest BCUT2D eigenvalue weighted by Crippen LogP contribution is -2.36. The van der Waals surface area contributed by atoms with Gasteiger partial charge in [-0.15, -0.1) is 0 Å². The first-order valence-corrected chi connectivity index (χ1v) is 11.7. The molecule has 1 aliphatic heterocycles. The third kappa shape index (κ3) is 3.76. The fourth-order valence-electron chi connectivity index (χ4n) is 3.95. The zero-order valence-electron chi connectivity index (χ0n) is 17.2. The highest BCUT2D eigenvalue weighted by Gasteiger charge is 2.24. The second-order valence-corrected chi connectivity index (χ2v) is 9.47. The van der Waals surface area contributed by atoms with Crippen LogP contribution in [0.4, 0.5) is 0 Å². The van der Waals surface area contributed by atoms with E-state index in [2.05, 4.69) is 19.9 Å². The molecule has 162 valence electrons. The zero-order valence-corrected chi connectivity index (χ0v) is 18.0. The fraction of sp³-hybridized carbons (Fsp3) is 0.174. The number of nitrogens with zero attached hydrogens (tertiary/aromatic N) is 4. The summed E-state index contributed by atoms with van der Waals surface area (Å²) in [6.45, 7) is 1.48. The molecule has 0 aliphatic carbocycles.